The van der Waals surface area contributed by atoms with Gasteiger partial charge in [-0.25, -0.2) is 0 Å². The van der Waals surface area contributed by atoms with Gasteiger partial charge in [-0.2, -0.15) is 0 Å². The lowest BCUT2D eigenvalue weighted by atomic mass is 9.69. The van der Waals surface area contributed by atoms with Crippen molar-refractivity contribution in [3.8, 4) is 0 Å². The van der Waals surface area contributed by atoms with Crippen molar-refractivity contribution in [2.45, 2.75) is 67.2 Å². The number of hydrogen-bond acceptors (Lipinski definition) is 1. The molecule has 0 N–H and O–H groups in total. The Kier molecular flexibility index (Phi) is 6.17. The van der Waals surface area contributed by atoms with Gasteiger partial charge in [0.15, 0.2) is 0 Å². The quantitative estimate of drug-likeness (QED) is 0.656. The van der Waals surface area contributed by atoms with Gasteiger partial charge in [-0.15, -0.1) is 0 Å². The summed E-state index contributed by atoms with van der Waals surface area (Å²) in [5, 5.41) is 0. The average molecular weight is 253 g/mol. The molecule has 0 aromatic carbocycles. The average Bonchev–Trinajstić information content (AvgIpc) is 2.25. The van der Waals surface area contributed by atoms with Crippen LogP contribution in [0.15, 0.2) is 0 Å². The first-order chi connectivity index (χ1) is 8.31. The fourth-order valence-corrected chi connectivity index (χ4v) is 3.60. The van der Waals surface area contributed by atoms with Crippen LogP contribution < -0.4 is 0 Å². The molecule has 0 aliphatic carbocycles. The highest BCUT2D eigenvalue weighted by atomic mass is 15.1. The molecule has 1 aliphatic heterocycles. The summed E-state index contributed by atoms with van der Waals surface area (Å²) >= 11 is 0. The van der Waals surface area contributed by atoms with Gasteiger partial charge in [0, 0.05) is 0 Å². The third-order valence-electron chi connectivity index (χ3n) is 4.65. The van der Waals surface area contributed by atoms with Crippen molar-refractivity contribution in [2.75, 3.05) is 19.6 Å². The van der Waals surface area contributed by atoms with Gasteiger partial charge in [-0.1, -0.05) is 41.5 Å². The molecule has 18 heavy (non-hydrogen) atoms. The largest absolute Gasteiger partial charge is 0.303 e. The molecule has 108 valence electrons. The number of rotatable bonds is 6. The molecule has 0 radical (unpaired) electrons. The van der Waals surface area contributed by atoms with Gasteiger partial charge in [-0.3, -0.25) is 0 Å². The van der Waals surface area contributed by atoms with Crippen molar-refractivity contribution < 1.29 is 0 Å². The highest BCUT2D eigenvalue weighted by Gasteiger charge is 2.32. The molecule has 1 rings (SSSR count). The first-order valence-electron chi connectivity index (χ1n) is 8.03. The fraction of sp³-hybridized carbons (Fsp3) is 1.00. The topological polar surface area (TPSA) is 3.24 Å². The zero-order valence-corrected chi connectivity index (χ0v) is 13.6. The van der Waals surface area contributed by atoms with Crippen LogP contribution in [0.4, 0.5) is 0 Å². The van der Waals surface area contributed by atoms with E-state index in [4.69, 9.17) is 0 Å². The molecule has 0 unspecified atom stereocenters. The third-order valence-corrected chi connectivity index (χ3v) is 4.65. The minimum Gasteiger partial charge on any atom is -0.303 e. The Hall–Kier alpha value is -0.0400. The van der Waals surface area contributed by atoms with E-state index in [0.717, 1.165) is 17.8 Å². The highest BCUT2D eigenvalue weighted by molar-refractivity contribution is 4.84. The molecule has 1 heterocycles. The number of piperidine rings is 1. The van der Waals surface area contributed by atoms with Crippen LogP contribution in [0.5, 0.6) is 0 Å². The maximum absolute atomic E-state index is 2.68. The summed E-state index contributed by atoms with van der Waals surface area (Å²) in [5.74, 6) is 2.62. The van der Waals surface area contributed by atoms with Crippen LogP contribution in [0.2, 0.25) is 0 Å². The molecular formula is C17H35N. The van der Waals surface area contributed by atoms with E-state index in [1.807, 2.05) is 0 Å². The van der Waals surface area contributed by atoms with E-state index in [2.05, 4.69) is 46.4 Å². The second-order valence-electron chi connectivity index (χ2n) is 7.88. The van der Waals surface area contributed by atoms with E-state index in [1.165, 1.54) is 45.3 Å². The molecule has 0 atom stereocenters. The summed E-state index contributed by atoms with van der Waals surface area (Å²) in [6.45, 7) is 18.3. The number of likely N-dealkylation sites (tertiary alicyclic amines) is 1. The summed E-state index contributed by atoms with van der Waals surface area (Å²) < 4.78 is 0. The Balaban J connectivity index is 2.34. The predicted molar refractivity (Wildman–Crippen MR) is 81.9 cm³/mol. The van der Waals surface area contributed by atoms with Crippen LogP contribution in [0.25, 0.3) is 0 Å². The maximum atomic E-state index is 2.68. The van der Waals surface area contributed by atoms with Gasteiger partial charge in [0.1, 0.15) is 0 Å². The number of hydrogen-bond donors (Lipinski definition) is 0. The molecular weight excluding hydrogens is 218 g/mol. The molecule has 0 aromatic rings. The number of nitrogens with zero attached hydrogens (tertiary/aromatic N) is 1. The van der Waals surface area contributed by atoms with E-state index < -0.39 is 0 Å². The van der Waals surface area contributed by atoms with Crippen molar-refractivity contribution in [1.29, 1.82) is 0 Å². The van der Waals surface area contributed by atoms with E-state index in [1.54, 1.807) is 0 Å². The molecule has 1 heteroatoms. The van der Waals surface area contributed by atoms with Crippen molar-refractivity contribution in [1.82, 2.24) is 4.90 Å². The summed E-state index contributed by atoms with van der Waals surface area (Å²) in [6.07, 6.45) is 5.57. The SMILES string of the molecule is CC(C)CCN1CCC(C(C)(C)CC(C)C)CC1. The van der Waals surface area contributed by atoms with Gasteiger partial charge in [-0.05, 0) is 68.5 Å². The summed E-state index contributed by atoms with van der Waals surface area (Å²) in [5.41, 5.74) is 0.540. The van der Waals surface area contributed by atoms with Crippen LogP contribution in [0.3, 0.4) is 0 Å². The zero-order valence-electron chi connectivity index (χ0n) is 13.6. The Morgan fingerprint density at radius 3 is 2.00 bits per heavy atom. The smallest absolute Gasteiger partial charge is 0.00159 e. The van der Waals surface area contributed by atoms with E-state index in [9.17, 15) is 0 Å². The maximum Gasteiger partial charge on any atom is -0.00159 e. The van der Waals surface area contributed by atoms with Crippen molar-refractivity contribution in [3.05, 3.63) is 0 Å². The van der Waals surface area contributed by atoms with E-state index in [0.29, 0.717) is 5.41 Å². The summed E-state index contributed by atoms with van der Waals surface area (Å²) in [7, 11) is 0. The lowest BCUT2D eigenvalue weighted by molar-refractivity contribution is 0.0820. The molecule has 0 bridgehead atoms. The third kappa shape index (κ3) is 5.30. The monoisotopic (exact) mass is 253 g/mol. The van der Waals surface area contributed by atoms with Gasteiger partial charge in [0.05, 0.1) is 0 Å². The highest BCUT2D eigenvalue weighted by Crippen LogP contribution is 2.39. The van der Waals surface area contributed by atoms with Gasteiger partial charge >= 0.3 is 0 Å². The second-order valence-corrected chi connectivity index (χ2v) is 7.88. The first-order valence-corrected chi connectivity index (χ1v) is 8.03. The Bertz CT molecular complexity index is 222. The van der Waals surface area contributed by atoms with Crippen molar-refractivity contribution in [2.24, 2.45) is 23.2 Å². The minimum atomic E-state index is 0.540. The van der Waals surface area contributed by atoms with Crippen LogP contribution in [0, 0.1) is 23.2 Å². The molecule has 1 nitrogen and oxygen atoms in total. The fourth-order valence-electron chi connectivity index (χ4n) is 3.60. The predicted octanol–water partition coefficient (Wildman–Crippen LogP) is 4.82. The van der Waals surface area contributed by atoms with Gasteiger partial charge in [0.2, 0.25) is 0 Å². The standard InChI is InChI=1S/C17H35N/c1-14(2)7-10-18-11-8-16(9-12-18)17(5,6)13-15(3)4/h14-16H,7-13H2,1-6H3. The Labute approximate surface area is 115 Å². The first kappa shape index (κ1) is 16.0. The van der Waals surface area contributed by atoms with E-state index in [-0.39, 0.29) is 0 Å². The van der Waals surface area contributed by atoms with Crippen LogP contribution in [0.1, 0.15) is 67.2 Å². The van der Waals surface area contributed by atoms with Crippen LogP contribution in [-0.4, -0.2) is 24.5 Å². The molecule has 0 aromatic heterocycles. The van der Waals surface area contributed by atoms with Crippen LogP contribution in [-0.2, 0) is 0 Å². The molecule has 1 aliphatic rings. The van der Waals surface area contributed by atoms with Crippen molar-refractivity contribution in [3.63, 3.8) is 0 Å². The Morgan fingerprint density at radius 2 is 1.56 bits per heavy atom. The molecule has 0 spiro atoms. The van der Waals surface area contributed by atoms with Crippen LogP contribution >= 0.6 is 0 Å². The summed E-state index contributed by atoms with van der Waals surface area (Å²) in [4.78, 5) is 2.68. The molecule has 1 fully saturated rings. The normalized spacial score (nSPS) is 20.0. The van der Waals surface area contributed by atoms with Gasteiger partial charge in [0.25, 0.3) is 0 Å². The molecule has 1 saturated heterocycles. The van der Waals surface area contributed by atoms with E-state index >= 15 is 0 Å². The zero-order chi connectivity index (χ0) is 13.8. The van der Waals surface area contributed by atoms with Crippen molar-refractivity contribution >= 4 is 0 Å². The Morgan fingerprint density at radius 1 is 1.00 bits per heavy atom. The van der Waals surface area contributed by atoms with Gasteiger partial charge < -0.3 is 4.90 Å². The summed E-state index contributed by atoms with van der Waals surface area (Å²) in [6, 6.07) is 0. The second kappa shape index (κ2) is 6.93. The molecule has 0 saturated carbocycles. The lowest BCUT2D eigenvalue weighted by Gasteiger charge is -2.41. The minimum absolute atomic E-state index is 0.540. The lowest BCUT2D eigenvalue weighted by Crippen LogP contribution is -2.40. The molecule has 0 amide bonds.